The van der Waals surface area contributed by atoms with Gasteiger partial charge in [-0.3, -0.25) is 4.99 Å². The predicted molar refractivity (Wildman–Crippen MR) is 57.4 cm³/mol. The summed E-state index contributed by atoms with van der Waals surface area (Å²) in [6, 6.07) is 0.191. The fraction of sp³-hybridized carbons (Fsp3) is 0.778. The van der Waals surface area contributed by atoms with Crippen LogP contribution >= 0.6 is 0 Å². The minimum Gasteiger partial charge on any atom is -0.453 e. The SMILES string of the molecule is COC(=O)N1C[C@@H](CN=C(N)N)CC1C. The maximum Gasteiger partial charge on any atom is 0.409 e. The van der Waals surface area contributed by atoms with E-state index in [9.17, 15) is 4.79 Å². The quantitative estimate of drug-likeness (QED) is 0.489. The van der Waals surface area contributed by atoms with Crippen molar-refractivity contribution in [1.29, 1.82) is 0 Å². The lowest BCUT2D eigenvalue weighted by Crippen LogP contribution is -2.34. The Morgan fingerprint density at radius 3 is 2.80 bits per heavy atom. The van der Waals surface area contributed by atoms with Crippen LogP contribution in [0.5, 0.6) is 0 Å². The van der Waals surface area contributed by atoms with Gasteiger partial charge in [-0.1, -0.05) is 0 Å². The first-order valence-electron chi connectivity index (χ1n) is 4.94. The Labute approximate surface area is 89.3 Å². The first kappa shape index (κ1) is 11.6. The van der Waals surface area contributed by atoms with Crippen LogP contribution in [0.1, 0.15) is 13.3 Å². The summed E-state index contributed by atoms with van der Waals surface area (Å²) in [6.45, 7) is 3.22. The molecule has 1 amide bonds. The molecule has 0 aromatic carbocycles. The van der Waals surface area contributed by atoms with Gasteiger partial charge in [-0.15, -0.1) is 0 Å². The maximum absolute atomic E-state index is 11.3. The monoisotopic (exact) mass is 214 g/mol. The van der Waals surface area contributed by atoms with E-state index in [1.54, 1.807) is 4.90 Å². The molecule has 0 aliphatic carbocycles. The number of aliphatic imine (C=N–C) groups is 1. The van der Waals surface area contributed by atoms with Crippen LogP contribution in [-0.2, 0) is 4.74 Å². The number of hydrogen-bond donors (Lipinski definition) is 2. The van der Waals surface area contributed by atoms with Gasteiger partial charge in [0.15, 0.2) is 5.96 Å². The summed E-state index contributed by atoms with van der Waals surface area (Å²) < 4.78 is 4.68. The van der Waals surface area contributed by atoms with Crippen LogP contribution in [0.4, 0.5) is 4.79 Å². The van der Waals surface area contributed by atoms with E-state index in [1.807, 2.05) is 6.92 Å². The molecule has 2 atom stereocenters. The van der Waals surface area contributed by atoms with Crippen molar-refractivity contribution in [1.82, 2.24) is 4.90 Å². The fourth-order valence-corrected chi connectivity index (χ4v) is 1.88. The number of nitrogens with two attached hydrogens (primary N) is 2. The van der Waals surface area contributed by atoms with Crippen LogP contribution in [-0.4, -0.2) is 43.2 Å². The molecule has 0 aromatic rings. The van der Waals surface area contributed by atoms with E-state index in [-0.39, 0.29) is 18.1 Å². The van der Waals surface area contributed by atoms with Crippen LogP contribution in [0, 0.1) is 5.92 Å². The largest absolute Gasteiger partial charge is 0.453 e. The first-order valence-corrected chi connectivity index (χ1v) is 4.94. The average Bonchev–Trinajstić information content (AvgIpc) is 2.55. The summed E-state index contributed by atoms with van der Waals surface area (Å²) in [5.74, 6) is 0.417. The number of amides is 1. The summed E-state index contributed by atoms with van der Waals surface area (Å²) in [6.07, 6.45) is 0.626. The Hall–Kier alpha value is -1.46. The van der Waals surface area contributed by atoms with E-state index in [1.165, 1.54) is 7.11 Å². The van der Waals surface area contributed by atoms with Crippen LogP contribution in [0.3, 0.4) is 0 Å². The molecule has 6 nitrogen and oxygen atoms in total. The number of hydrogen-bond acceptors (Lipinski definition) is 3. The fourth-order valence-electron chi connectivity index (χ4n) is 1.88. The van der Waals surface area contributed by atoms with Crippen LogP contribution in [0.2, 0.25) is 0 Å². The molecule has 6 heteroatoms. The van der Waals surface area contributed by atoms with E-state index < -0.39 is 0 Å². The zero-order valence-corrected chi connectivity index (χ0v) is 9.14. The van der Waals surface area contributed by atoms with Gasteiger partial charge in [0, 0.05) is 19.1 Å². The van der Waals surface area contributed by atoms with Crippen molar-refractivity contribution in [3.63, 3.8) is 0 Å². The third-order valence-electron chi connectivity index (χ3n) is 2.60. The standard InChI is InChI=1S/C9H18N4O2/c1-6-3-7(4-12-8(10)11)5-13(6)9(14)15-2/h6-7H,3-5H2,1-2H3,(H4,10,11,12)/t6?,7-/m1/s1. The predicted octanol–water partition coefficient (Wildman–Crippen LogP) is -0.263. The van der Waals surface area contributed by atoms with Crippen LogP contribution in [0.15, 0.2) is 4.99 Å². The molecule has 0 aromatic heterocycles. The van der Waals surface area contributed by atoms with Gasteiger partial charge in [-0.25, -0.2) is 4.79 Å². The summed E-state index contributed by atoms with van der Waals surface area (Å²) in [5.41, 5.74) is 10.5. The summed E-state index contributed by atoms with van der Waals surface area (Å²) in [4.78, 5) is 17.0. The molecular formula is C9H18N4O2. The second-order valence-corrected chi connectivity index (χ2v) is 3.84. The topological polar surface area (TPSA) is 93.9 Å². The number of carbonyl (C=O) groups excluding carboxylic acids is 1. The lowest BCUT2D eigenvalue weighted by atomic mass is 10.1. The van der Waals surface area contributed by atoms with Gasteiger partial charge >= 0.3 is 6.09 Å². The second-order valence-electron chi connectivity index (χ2n) is 3.84. The molecule has 0 saturated carbocycles. The molecule has 86 valence electrons. The molecular weight excluding hydrogens is 196 g/mol. The molecule has 1 rings (SSSR count). The van der Waals surface area contributed by atoms with Crippen molar-refractivity contribution in [3.8, 4) is 0 Å². The Morgan fingerprint density at radius 1 is 1.60 bits per heavy atom. The molecule has 0 bridgehead atoms. The Kier molecular flexibility index (Phi) is 3.76. The lowest BCUT2D eigenvalue weighted by Gasteiger charge is -2.19. The zero-order chi connectivity index (χ0) is 11.4. The highest BCUT2D eigenvalue weighted by molar-refractivity contribution is 5.75. The number of methoxy groups -OCH3 is 1. The molecule has 1 saturated heterocycles. The average molecular weight is 214 g/mol. The Bertz CT molecular complexity index is 263. The summed E-state index contributed by atoms with van der Waals surface area (Å²) in [7, 11) is 1.39. The minimum atomic E-state index is -0.283. The molecule has 1 aliphatic rings. The highest BCUT2D eigenvalue weighted by Gasteiger charge is 2.32. The van der Waals surface area contributed by atoms with Crippen molar-refractivity contribution < 1.29 is 9.53 Å². The highest BCUT2D eigenvalue weighted by atomic mass is 16.5. The molecule has 15 heavy (non-hydrogen) atoms. The van der Waals surface area contributed by atoms with Gasteiger partial charge in [-0.2, -0.15) is 0 Å². The number of likely N-dealkylation sites (tertiary alicyclic amines) is 1. The molecule has 0 radical (unpaired) electrons. The van der Waals surface area contributed by atoms with Gasteiger partial charge in [0.05, 0.1) is 7.11 Å². The van der Waals surface area contributed by atoms with Crippen LogP contribution < -0.4 is 11.5 Å². The smallest absolute Gasteiger partial charge is 0.409 e. The van der Waals surface area contributed by atoms with E-state index in [4.69, 9.17) is 11.5 Å². The van der Waals surface area contributed by atoms with E-state index in [0.29, 0.717) is 19.0 Å². The Balaban J connectivity index is 2.48. The molecule has 1 unspecified atom stereocenters. The van der Waals surface area contributed by atoms with Gasteiger partial charge in [0.1, 0.15) is 0 Å². The number of nitrogens with zero attached hydrogens (tertiary/aromatic N) is 2. The normalized spacial score (nSPS) is 25.1. The van der Waals surface area contributed by atoms with Crippen molar-refractivity contribution in [2.75, 3.05) is 20.2 Å². The number of carbonyl (C=O) groups is 1. The minimum absolute atomic E-state index is 0.0965. The zero-order valence-electron chi connectivity index (χ0n) is 9.14. The van der Waals surface area contributed by atoms with Gasteiger partial charge in [-0.05, 0) is 19.3 Å². The third-order valence-corrected chi connectivity index (χ3v) is 2.60. The van der Waals surface area contributed by atoms with Crippen LogP contribution in [0.25, 0.3) is 0 Å². The van der Waals surface area contributed by atoms with Crippen molar-refractivity contribution in [2.45, 2.75) is 19.4 Å². The van der Waals surface area contributed by atoms with E-state index in [0.717, 1.165) is 6.42 Å². The lowest BCUT2D eigenvalue weighted by molar-refractivity contribution is 0.121. The molecule has 4 N–H and O–H groups in total. The van der Waals surface area contributed by atoms with Crippen molar-refractivity contribution in [2.24, 2.45) is 22.4 Å². The van der Waals surface area contributed by atoms with Gasteiger partial charge in [0.25, 0.3) is 0 Å². The van der Waals surface area contributed by atoms with Crippen molar-refractivity contribution >= 4 is 12.1 Å². The second kappa shape index (κ2) is 4.86. The molecule has 1 fully saturated rings. The van der Waals surface area contributed by atoms with Crippen molar-refractivity contribution in [3.05, 3.63) is 0 Å². The molecule has 0 spiro atoms. The summed E-state index contributed by atoms with van der Waals surface area (Å²) in [5, 5.41) is 0. The Morgan fingerprint density at radius 2 is 2.27 bits per heavy atom. The van der Waals surface area contributed by atoms with E-state index >= 15 is 0 Å². The summed E-state index contributed by atoms with van der Waals surface area (Å²) >= 11 is 0. The third kappa shape index (κ3) is 3.00. The molecule has 1 heterocycles. The van der Waals surface area contributed by atoms with Gasteiger partial charge in [0.2, 0.25) is 0 Å². The number of rotatable bonds is 2. The number of guanidine groups is 1. The highest BCUT2D eigenvalue weighted by Crippen LogP contribution is 2.23. The first-order chi connectivity index (χ1) is 7.04. The number of ether oxygens (including phenoxy) is 1. The van der Waals surface area contributed by atoms with E-state index in [2.05, 4.69) is 9.73 Å². The maximum atomic E-state index is 11.3. The molecule has 1 aliphatic heterocycles. The van der Waals surface area contributed by atoms with Gasteiger partial charge < -0.3 is 21.1 Å².